The molecule has 0 aromatic heterocycles. The Hall–Kier alpha value is -0.760. The van der Waals surface area contributed by atoms with Gasteiger partial charge in [0.05, 0.1) is 5.69 Å². The van der Waals surface area contributed by atoms with E-state index in [1.54, 1.807) is 12.1 Å². The number of rotatable bonds is 3. The third kappa shape index (κ3) is 2.34. The molecule has 1 saturated carbocycles. The molecule has 0 radical (unpaired) electrons. The van der Waals surface area contributed by atoms with Gasteiger partial charge in [-0.3, -0.25) is 0 Å². The van der Waals surface area contributed by atoms with Crippen molar-refractivity contribution < 1.29 is 4.39 Å². The quantitative estimate of drug-likeness (QED) is 0.788. The number of anilines is 1. The summed E-state index contributed by atoms with van der Waals surface area (Å²) in [6.07, 6.45) is 2.53. The molecular formula is C10H11ClFN. The number of halogens is 2. The minimum Gasteiger partial charge on any atom is -0.382 e. The molecule has 1 fully saturated rings. The van der Waals surface area contributed by atoms with Crippen LogP contribution in [0.15, 0.2) is 18.2 Å². The molecule has 0 spiro atoms. The van der Waals surface area contributed by atoms with E-state index in [1.165, 1.54) is 18.9 Å². The third-order valence-electron chi connectivity index (χ3n) is 2.21. The van der Waals surface area contributed by atoms with Crippen LogP contribution < -0.4 is 5.32 Å². The Labute approximate surface area is 81.9 Å². The molecule has 0 aliphatic heterocycles. The maximum absolute atomic E-state index is 13.2. The van der Waals surface area contributed by atoms with Gasteiger partial charge >= 0.3 is 0 Å². The monoisotopic (exact) mass is 199 g/mol. The normalized spacial score (nSPS) is 15.8. The zero-order valence-electron chi connectivity index (χ0n) is 7.19. The summed E-state index contributed by atoms with van der Waals surface area (Å²) in [4.78, 5) is 0. The first kappa shape index (κ1) is 8.82. The van der Waals surface area contributed by atoms with Gasteiger partial charge in [0.2, 0.25) is 0 Å². The average molecular weight is 200 g/mol. The smallest absolute Gasteiger partial charge is 0.147 e. The van der Waals surface area contributed by atoms with Crippen LogP contribution in [0.3, 0.4) is 0 Å². The Balaban J connectivity index is 2.01. The van der Waals surface area contributed by atoms with E-state index >= 15 is 0 Å². The molecule has 0 saturated heterocycles. The van der Waals surface area contributed by atoms with Crippen molar-refractivity contribution in [2.24, 2.45) is 5.92 Å². The lowest BCUT2D eigenvalue weighted by Crippen LogP contribution is -2.04. The Morgan fingerprint density at radius 2 is 2.23 bits per heavy atom. The molecule has 13 heavy (non-hydrogen) atoms. The average Bonchev–Trinajstić information content (AvgIpc) is 2.86. The van der Waals surface area contributed by atoms with Crippen LogP contribution in [0, 0.1) is 11.7 Å². The van der Waals surface area contributed by atoms with E-state index < -0.39 is 0 Å². The Morgan fingerprint density at radius 3 is 2.85 bits per heavy atom. The Bertz CT molecular complexity index is 310. The first-order chi connectivity index (χ1) is 6.25. The van der Waals surface area contributed by atoms with Gasteiger partial charge in [-0.2, -0.15) is 0 Å². The molecule has 0 bridgehead atoms. The standard InChI is InChI=1S/C10H11ClFN/c11-8-3-4-10(9(12)5-8)13-6-7-1-2-7/h3-5,7,13H,1-2,6H2. The van der Waals surface area contributed by atoms with Gasteiger partial charge in [0.25, 0.3) is 0 Å². The van der Waals surface area contributed by atoms with Crippen LogP contribution >= 0.6 is 11.6 Å². The lowest BCUT2D eigenvalue weighted by molar-refractivity contribution is 0.629. The molecule has 1 aliphatic carbocycles. The lowest BCUT2D eigenvalue weighted by Gasteiger charge is -2.06. The largest absolute Gasteiger partial charge is 0.382 e. The number of hydrogen-bond acceptors (Lipinski definition) is 1. The van der Waals surface area contributed by atoms with E-state index in [4.69, 9.17) is 11.6 Å². The molecule has 0 unspecified atom stereocenters. The molecule has 1 N–H and O–H groups in total. The van der Waals surface area contributed by atoms with Gasteiger partial charge in [0, 0.05) is 11.6 Å². The predicted molar refractivity (Wildman–Crippen MR) is 52.6 cm³/mol. The summed E-state index contributed by atoms with van der Waals surface area (Å²) in [5.74, 6) is 0.475. The van der Waals surface area contributed by atoms with Crippen molar-refractivity contribution in [1.82, 2.24) is 0 Å². The van der Waals surface area contributed by atoms with Gasteiger partial charge in [-0.15, -0.1) is 0 Å². The first-order valence-electron chi connectivity index (χ1n) is 4.44. The molecule has 1 aromatic rings. The zero-order chi connectivity index (χ0) is 9.26. The van der Waals surface area contributed by atoms with Gasteiger partial charge in [-0.1, -0.05) is 11.6 Å². The Kier molecular flexibility index (Phi) is 2.40. The van der Waals surface area contributed by atoms with Gasteiger partial charge in [-0.25, -0.2) is 4.39 Å². The van der Waals surface area contributed by atoms with Crippen LogP contribution in [0.1, 0.15) is 12.8 Å². The molecule has 0 atom stereocenters. The van der Waals surface area contributed by atoms with Crippen LogP contribution in [0.25, 0.3) is 0 Å². The first-order valence-corrected chi connectivity index (χ1v) is 4.82. The van der Waals surface area contributed by atoms with Gasteiger partial charge in [0.15, 0.2) is 0 Å². The predicted octanol–water partition coefficient (Wildman–Crippen LogP) is 3.30. The second kappa shape index (κ2) is 3.54. The molecular weight excluding hydrogens is 189 g/mol. The molecule has 1 aromatic carbocycles. The molecule has 1 aliphatic rings. The SMILES string of the molecule is Fc1cc(Cl)ccc1NCC1CC1. The molecule has 0 heterocycles. The summed E-state index contributed by atoms with van der Waals surface area (Å²) in [6, 6.07) is 4.71. The van der Waals surface area contributed by atoms with Crippen LogP contribution in [0.5, 0.6) is 0 Å². The maximum Gasteiger partial charge on any atom is 0.147 e. The summed E-state index contributed by atoms with van der Waals surface area (Å²) in [7, 11) is 0. The minimum absolute atomic E-state index is 0.270. The van der Waals surface area contributed by atoms with Crippen molar-refractivity contribution in [3.63, 3.8) is 0 Å². The molecule has 3 heteroatoms. The van der Waals surface area contributed by atoms with Crippen LogP contribution in [-0.2, 0) is 0 Å². The van der Waals surface area contributed by atoms with Gasteiger partial charge in [0.1, 0.15) is 5.82 Å². The zero-order valence-corrected chi connectivity index (χ0v) is 7.94. The second-order valence-electron chi connectivity index (χ2n) is 3.45. The van der Waals surface area contributed by atoms with E-state index in [-0.39, 0.29) is 5.82 Å². The van der Waals surface area contributed by atoms with E-state index in [0.717, 1.165) is 12.5 Å². The molecule has 1 nitrogen and oxygen atoms in total. The topological polar surface area (TPSA) is 12.0 Å². The van der Waals surface area contributed by atoms with E-state index in [9.17, 15) is 4.39 Å². The van der Waals surface area contributed by atoms with Crippen molar-refractivity contribution in [2.75, 3.05) is 11.9 Å². The minimum atomic E-state index is -0.270. The van der Waals surface area contributed by atoms with Crippen molar-refractivity contribution in [3.8, 4) is 0 Å². The van der Waals surface area contributed by atoms with Gasteiger partial charge in [-0.05, 0) is 37.0 Å². The molecule has 2 rings (SSSR count). The van der Waals surface area contributed by atoms with Crippen LogP contribution in [0.4, 0.5) is 10.1 Å². The fourth-order valence-electron chi connectivity index (χ4n) is 1.21. The summed E-state index contributed by atoms with van der Waals surface area (Å²) < 4.78 is 13.2. The number of nitrogens with one attached hydrogen (secondary N) is 1. The summed E-state index contributed by atoms with van der Waals surface area (Å²) in [5.41, 5.74) is 0.552. The van der Waals surface area contributed by atoms with E-state index in [2.05, 4.69) is 5.32 Å². The highest BCUT2D eigenvalue weighted by atomic mass is 35.5. The van der Waals surface area contributed by atoms with Crippen LogP contribution in [-0.4, -0.2) is 6.54 Å². The van der Waals surface area contributed by atoms with Crippen LogP contribution in [0.2, 0.25) is 5.02 Å². The number of benzene rings is 1. The highest BCUT2D eigenvalue weighted by Crippen LogP contribution is 2.29. The fraction of sp³-hybridized carbons (Fsp3) is 0.400. The fourth-order valence-corrected chi connectivity index (χ4v) is 1.37. The van der Waals surface area contributed by atoms with E-state index in [0.29, 0.717) is 10.7 Å². The lowest BCUT2D eigenvalue weighted by atomic mass is 10.3. The third-order valence-corrected chi connectivity index (χ3v) is 2.44. The molecule has 70 valence electrons. The second-order valence-corrected chi connectivity index (χ2v) is 3.88. The number of hydrogen-bond donors (Lipinski definition) is 1. The van der Waals surface area contributed by atoms with Crippen molar-refractivity contribution >= 4 is 17.3 Å². The highest BCUT2D eigenvalue weighted by molar-refractivity contribution is 6.30. The summed E-state index contributed by atoms with van der Waals surface area (Å²) >= 11 is 5.62. The Morgan fingerprint density at radius 1 is 1.46 bits per heavy atom. The summed E-state index contributed by atoms with van der Waals surface area (Å²) in [5, 5.41) is 3.51. The van der Waals surface area contributed by atoms with Crippen molar-refractivity contribution in [3.05, 3.63) is 29.0 Å². The van der Waals surface area contributed by atoms with Crippen molar-refractivity contribution in [2.45, 2.75) is 12.8 Å². The highest BCUT2D eigenvalue weighted by Gasteiger charge is 2.20. The summed E-state index contributed by atoms with van der Waals surface area (Å²) in [6.45, 7) is 0.874. The van der Waals surface area contributed by atoms with Crippen molar-refractivity contribution in [1.29, 1.82) is 0 Å². The van der Waals surface area contributed by atoms with E-state index in [1.807, 2.05) is 0 Å². The van der Waals surface area contributed by atoms with Gasteiger partial charge < -0.3 is 5.32 Å². The maximum atomic E-state index is 13.2. The molecule has 0 amide bonds.